The van der Waals surface area contributed by atoms with Crippen molar-refractivity contribution in [3.8, 4) is 11.6 Å². The van der Waals surface area contributed by atoms with Crippen molar-refractivity contribution in [2.45, 2.75) is 32.3 Å². The molecule has 0 atom stereocenters. The van der Waals surface area contributed by atoms with Crippen LogP contribution in [0.15, 0.2) is 28.2 Å². The molecule has 0 radical (unpaired) electrons. The highest BCUT2D eigenvalue weighted by Gasteiger charge is 2.17. The number of nitrogens with zero attached hydrogens (tertiary/aromatic N) is 1. The van der Waals surface area contributed by atoms with Crippen molar-refractivity contribution in [1.29, 1.82) is 0 Å². The smallest absolute Gasteiger partial charge is 0.341 e. The number of benzene rings is 1. The lowest BCUT2D eigenvalue weighted by molar-refractivity contribution is 0.0521. The Morgan fingerprint density at radius 1 is 1.37 bits per heavy atom. The predicted molar refractivity (Wildman–Crippen MR) is 104 cm³/mol. The summed E-state index contributed by atoms with van der Waals surface area (Å²) >= 11 is 1.23. The van der Waals surface area contributed by atoms with Crippen LogP contribution >= 0.6 is 11.8 Å². The summed E-state index contributed by atoms with van der Waals surface area (Å²) in [6, 6.07) is 5.05. The minimum atomic E-state index is -0.493. The number of hydrogen-bond donors (Lipinski definition) is 2. The third-order valence-electron chi connectivity index (χ3n) is 3.66. The van der Waals surface area contributed by atoms with Crippen molar-refractivity contribution >= 4 is 17.7 Å². The zero-order chi connectivity index (χ0) is 20.0. The molecule has 2 rings (SSSR count). The molecule has 0 aliphatic heterocycles. The molecule has 0 aliphatic carbocycles. The number of nitrogens with one attached hydrogen (secondary N) is 1. The van der Waals surface area contributed by atoms with Crippen LogP contribution in [0.4, 0.5) is 0 Å². The van der Waals surface area contributed by atoms with Crippen LogP contribution < -0.4 is 10.3 Å². The first-order valence-electron chi connectivity index (χ1n) is 8.64. The Morgan fingerprint density at radius 2 is 2.11 bits per heavy atom. The molecule has 0 unspecified atom stereocenters. The number of rotatable bonds is 8. The lowest BCUT2D eigenvalue weighted by Gasteiger charge is -2.14. The maximum atomic E-state index is 12.3. The first kappa shape index (κ1) is 20.8. The highest BCUT2D eigenvalue weighted by Crippen LogP contribution is 2.24. The van der Waals surface area contributed by atoms with E-state index in [-0.39, 0.29) is 24.5 Å². The highest BCUT2D eigenvalue weighted by molar-refractivity contribution is 7.98. The van der Waals surface area contributed by atoms with Crippen LogP contribution in [0.2, 0.25) is 0 Å². The van der Waals surface area contributed by atoms with Crippen molar-refractivity contribution in [3.63, 3.8) is 0 Å². The number of carbonyl (C=O) groups excluding carboxylic acids is 1. The van der Waals surface area contributed by atoms with E-state index in [0.717, 1.165) is 0 Å². The van der Waals surface area contributed by atoms with Crippen molar-refractivity contribution in [3.05, 3.63) is 45.2 Å². The molecule has 7 nitrogen and oxygen atoms in total. The zero-order valence-electron chi connectivity index (χ0n) is 15.9. The Labute approximate surface area is 162 Å². The number of H-pyrrole nitrogens is 1. The van der Waals surface area contributed by atoms with E-state index < -0.39 is 11.5 Å². The minimum absolute atomic E-state index is 0.125. The van der Waals surface area contributed by atoms with Gasteiger partial charge >= 0.3 is 5.97 Å². The van der Waals surface area contributed by atoms with E-state index in [2.05, 4.69) is 9.97 Å². The number of esters is 1. The molecule has 0 aliphatic rings. The molecule has 2 aromatic rings. The molecule has 1 heterocycles. The van der Waals surface area contributed by atoms with E-state index in [1.165, 1.54) is 11.8 Å². The normalized spacial score (nSPS) is 10.9. The summed E-state index contributed by atoms with van der Waals surface area (Å²) in [7, 11) is 0. The van der Waals surface area contributed by atoms with E-state index in [9.17, 15) is 14.7 Å². The molecule has 27 heavy (non-hydrogen) atoms. The first-order chi connectivity index (χ1) is 12.8. The lowest BCUT2D eigenvalue weighted by atomic mass is 10.0. The third kappa shape index (κ3) is 5.50. The van der Waals surface area contributed by atoms with Crippen molar-refractivity contribution < 1.29 is 19.4 Å². The molecule has 0 spiro atoms. The molecule has 8 heteroatoms. The molecule has 146 valence electrons. The van der Waals surface area contributed by atoms with Gasteiger partial charge in [-0.1, -0.05) is 31.7 Å². The van der Waals surface area contributed by atoms with Gasteiger partial charge in [-0.25, -0.2) is 4.79 Å². The van der Waals surface area contributed by atoms with E-state index in [1.807, 2.05) is 13.8 Å². The van der Waals surface area contributed by atoms with E-state index in [0.29, 0.717) is 34.6 Å². The average Bonchev–Trinajstić information content (AvgIpc) is 2.63. The Morgan fingerprint density at radius 3 is 2.70 bits per heavy atom. The van der Waals surface area contributed by atoms with Gasteiger partial charge in [0, 0.05) is 6.42 Å². The molecule has 2 N–H and O–H groups in total. The van der Waals surface area contributed by atoms with Gasteiger partial charge in [-0.05, 0) is 36.8 Å². The van der Waals surface area contributed by atoms with E-state index in [4.69, 9.17) is 9.47 Å². The zero-order valence-corrected chi connectivity index (χ0v) is 16.7. The number of aromatic nitrogens is 2. The van der Waals surface area contributed by atoms with Crippen LogP contribution in [-0.4, -0.2) is 40.5 Å². The van der Waals surface area contributed by atoms with Crippen molar-refractivity contribution in [2.24, 2.45) is 5.92 Å². The summed E-state index contributed by atoms with van der Waals surface area (Å²) in [4.78, 5) is 31.1. The number of aromatic hydroxyl groups is 1. The summed E-state index contributed by atoms with van der Waals surface area (Å²) in [5.74, 6) is -0.0795. The fourth-order valence-corrected chi connectivity index (χ4v) is 2.74. The van der Waals surface area contributed by atoms with Crippen molar-refractivity contribution in [1.82, 2.24) is 9.97 Å². The fourth-order valence-electron chi connectivity index (χ4n) is 2.36. The summed E-state index contributed by atoms with van der Waals surface area (Å²) in [6.07, 6.45) is 1.87. The number of hydrogen-bond acceptors (Lipinski definition) is 7. The summed E-state index contributed by atoms with van der Waals surface area (Å²) in [5.41, 5.74) is 0.678. The first-order valence-corrected chi connectivity index (χ1v) is 9.87. The molecule has 1 aromatic heterocycles. The fraction of sp³-hybridized carbons (Fsp3) is 0.421. The maximum Gasteiger partial charge on any atom is 0.341 e. The second kappa shape index (κ2) is 9.45. The molecule has 0 bridgehead atoms. The molecule has 0 amide bonds. The molecular weight excluding hydrogens is 368 g/mol. The number of thioether (sulfide) groups is 1. The minimum Gasteiger partial charge on any atom is -0.493 e. The topological polar surface area (TPSA) is 102 Å². The van der Waals surface area contributed by atoms with Crippen LogP contribution in [0.25, 0.3) is 0 Å². The van der Waals surface area contributed by atoms with Crippen LogP contribution in [0.5, 0.6) is 11.6 Å². The van der Waals surface area contributed by atoms with Crippen LogP contribution in [0.1, 0.15) is 42.3 Å². The SMILES string of the molecule is CCOC(=O)c1cc(Cc2c(O)nc(SC)[nH]c2=O)ccc1OCC(C)C. The van der Waals surface area contributed by atoms with Crippen molar-refractivity contribution in [2.75, 3.05) is 19.5 Å². The molecular formula is C19H24N2O5S. The third-order valence-corrected chi connectivity index (χ3v) is 4.24. The Kier molecular flexibility index (Phi) is 7.29. The number of ether oxygens (including phenoxy) is 2. The van der Waals surface area contributed by atoms with E-state index in [1.54, 1.807) is 31.4 Å². The number of aromatic amines is 1. The summed E-state index contributed by atoms with van der Waals surface area (Å²) in [5, 5.41) is 10.4. The predicted octanol–water partition coefficient (Wildman–Crippen LogP) is 3.00. The maximum absolute atomic E-state index is 12.3. The summed E-state index contributed by atoms with van der Waals surface area (Å²) in [6.45, 7) is 6.46. The standard InChI is InChI=1S/C19H24N2O5S/c1-5-25-18(24)13-8-12(6-7-15(13)26-10-11(2)3)9-14-16(22)20-19(27-4)21-17(14)23/h6-8,11H,5,9-10H2,1-4H3,(H2,20,21,22,23). The van der Waals surface area contributed by atoms with Gasteiger partial charge in [0.1, 0.15) is 11.3 Å². The molecule has 0 saturated carbocycles. The average molecular weight is 392 g/mol. The molecule has 0 saturated heterocycles. The van der Waals surface area contributed by atoms with Gasteiger partial charge < -0.3 is 19.6 Å². The van der Waals surface area contributed by atoms with Gasteiger partial charge in [0.15, 0.2) is 5.16 Å². The van der Waals surface area contributed by atoms with Crippen LogP contribution in [0, 0.1) is 5.92 Å². The van der Waals surface area contributed by atoms with Gasteiger partial charge in [-0.15, -0.1) is 0 Å². The Bertz CT molecular complexity index is 864. The second-order valence-corrected chi connectivity index (χ2v) is 7.10. The van der Waals surface area contributed by atoms with Gasteiger partial charge in [0.25, 0.3) is 5.56 Å². The number of carbonyl (C=O) groups is 1. The molecule has 0 fully saturated rings. The monoisotopic (exact) mass is 392 g/mol. The second-order valence-electron chi connectivity index (χ2n) is 6.31. The molecule has 1 aromatic carbocycles. The van der Waals surface area contributed by atoms with Gasteiger partial charge in [0.05, 0.1) is 18.8 Å². The quantitative estimate of drug-likeness (QED) is 0.404. The van der Waals surface area contributed by atoms with E-state index >= 15 is 0 Å². The largest absolute Gasteiger partial charge is 0.493 e. The lowest BCUT2D eigenvalue weighted by Crippen LogP contribution is -2.16. The Hall–Kier alpha value is -2.48. The van der Waals surface area contributed by atoms with Crippen LogP contribution in [-0.2, 0) is 11.2 Å². The van der Waals surface area contributed by atoms with Gasteiger partial charge in [0.2, 0.25) is 5.88 Å². The van der Waals surface area contributed by atoms with Gasteiger partial charge in [-0.3, -0.25) is 4.79 Å². The highest BCUT2D eigenvalue weighted by atomic mass is 32.2. The summed E-state index contributed by atoms with van der Waals surface area (Å²) < 4.78 is 10.8. The Balaban J connectivity index is 2.37. The van der Waals surface area contributed by atoms with Crippen LogP contribution in [0.3, 0.4) is 0 Å². The van der Waals surface area contributed by atoms with Gasteiger partial charge in [-0.2, -0.15) is 4.98 Å².